The van der Waals surface area contributed by atoms with Gasteiger partial charge in [-0.05, 0) is 17.7 Å². The van der Waals surface area contributed by atoms with Crippen molar-refractivity contribution >= 4 is 23.3 Å². The second-order valence-electron chi connectivity index (χ2n) is 8.58. The zero-order valence-corrected chi connectivity index (χ0v) is 20.9. The van der Waals surface area contributed by atoms with Crippen molar-refractivity contribution < 1.29 is 76.3 Å². The molecule has 0 aliphatic carbocycles. The quantitative estimate of drug-likeness (QED) is 0.0822. The smallest absolute Gasteiger partial charge is 0.335 e. The van der Waals surface area contributed by atoms with Crippen LogP contribution in [0.4, 0.5) is 5.69 Å². The molecule has 3 rings (SSSR count). The lowest BCUT2D eigenvalue weighted by molar-refractivity contribution is -0.261. The van der Waals surface area contributed by atoms with E-state index in [0.717, 1.165) is 12.1 Å². The molecule has 0 spiro atoms. The molecule has 16 N–H and O–H groups in total. The van der Waals surface area contributed by atoms with E-state index in [9.17, 15) is 76.3 Å². The van der Waals surface area contributed by atoms with Gasteiger partial charge < -0.3 is 76.8 Å². The highest BCUT2D eigenvalue weighted by atomic mass is 35.5. The molecule has 0 amide bonds. The fraction of sp³-hybridized carbons (Fsp3) is 0.174. The van der Waals surface area contributed by atoms with Crippen LogP contribution in [0.2, 0.25) is 5.02 Å². The third-order valence-electron chi connectivity index (χ3n) is 5.74. The van der Waals surface area contributed by atoms with Gasteiger partial charge in [0.25, 0.3) is 11.8 Å². The van der Waals surface area contributed by atoms with Gasteiger partial charge in [0.15, 0.2) is 34.9 Å². The minimum atomic E-state index is -3.68. The maximum atomic E-state index is 11.3. The van der Waals surface area contributed by atoms with Gasteiger partial charge >= 0.3 is 5.97 Å². The van der Waals surface area contributed by atoms with E-state index >= 15 is 0 Å². The predicted molar refractivity (Wildman–Crippen MR) is 135 cm³/mol. The lowest BCUT2D eigenvalue weighted by atomic mass is 9.99. The van der Waals surface area contributed by atoms with E-state index in [4.69, 9.17) is 11.6 Å². The van der Waals surface area contributed by atoms with Crippen molar-refractivity contribution in [2.75, 3.05) is 11.9 Å². The van der Waals surface area contributed by atoms with E-state index in [2.05, 4.69) is 0 Å². The lowest BCUT2D eigenvalue weighted by Crippen LogP contribution is -2.57. The van der Waals surface area contributed by atoms with Crippen LogP contribution >= 0.6 is 11.6 Å². The molecule has 1 atom stereocenters. The van der Waals surface area contributed by atoms with Crippen LogP contribution in [0.3, 0.4) is 0 Å². The maximum absolute atomic E-state index is 11.3. The Labute approximate surface area is 232 Å². The van der Waals surface area contributed by atoms with Gasteiger partial charge in [-0.1, -0.05) is 23.7 Å². The fourth-order valence-corrected chi connectivity index (χ4v) is 3.83. The Morgan fingerprint density at radius 1 is 0.805 bits per heavy atom. The molecule has 222 valence electrons. The number of benzene rings is 3. The van der Waals surface area contributed by atoms with Gasteiger partial charge in [-0.25, -0.2) is 4.79 Å². The summed E-state index contributed by atoms with van der Waals surface area (Å²) >= 11 is 5.56. The van der Waals surface area contributed by atoms with E-state index in [1.54, 1.807) is 10.6 Å². The molecule has 3 aromatic carbocycles. The topological polar surface area (TPSA) is 324 Å². The van der Waals surface area contributed by atoms with Crippen molar-refractivity contribution in [2.24, 2.45) is 0 Å². The van der Waals surface area contributed by atoms with E-state index in [0.29, 0.717) is 0 Å². The molecule has 0 fully saturated rings. The maximum Gasteiger partial charge on any atom is 0.335 e. The third-order valence-corrected chi connectivity index (χ3v) is 6.10. The van der Waals surface area contributed by atoms with Gasteiger partial charge in [-0.3, -0.25) is 5.32 Å². The van der Waals surface area contributed by atoms with Gasteiger partial charge in [0.1, 0.15) is 16.5 Å². The number of carbonyl (C=O) groups is 1. The molecule has 0 bridgehead atoms. The Balaban J connectivity index is 1.94. The number of hydrogen-bond acceptors (Lipinski definition) is 16. The molecule has 0 aliphatic heterocycles. The number of anilines is 1. The fourth-order valence-electron chi connectivity index (χ4n) is 3.64. The van der Waals surface area contributed by atoms with E-state index in [1.165, 1.54) is 12.1 Å². The molecule has 1 unspecified atom stereocenters. The monoisotopic (exact) mass is 602 g/mol. The van der Waals surface area contributed by atoms with Crippen LogP contribution in [0.25, 0.3) is 11.1 Å². The standard InChI is InChI=1S/C23H23ClN2O15/c24-10-12(27)9(15(30)18(33)16(10)31)20(35)23(40,41)25-5-22(38,39)26-11-13(28)8(14(29)19(34)17(11)32)6-2-1-3-7(4-6)21(36)37/h1-4,20,25-35,38-41H,5H2,(H,36,37). The Morgan fingerprint density at radius 3 is 1.98 bits per heavy atom. The summed E-state index contributed by atoms with van der Waals surface area (Å²) in [6.45, 7) is -1.44. The highest BCUT2D eigenvalue weighted by Crippen LogP contribution is 2.55. The molecule has 0 heterocycles. The number of carboxylic acid groups (broad SMARTS) is 1. The SMILES string of the molecule is O=C(O)c1cccc(-c2c(O)c(O)c(O)c(NC(O)(O)CNC(O)(O)C(O)c3c(O)c(O)c(O)c(Cl)c3O)c2O)c1. The van der Waals surface area contributed by atoms with Gasteiger partial charge in [0.2, 0.25) is 11.5 Å². The summed E-state index contributed by atoms with van der Waals surface area (Å²) in [6, 6.07) is 4.54. The Morgan fingerprint density at radius 2 is 1.39 bits per heavy atom. The van der Waals surface area contributed by atoms with Crippen LogP contribution in [0.15, 0.2) is 24.3 Å². The summed E-state index contributed by atoms with van der Waals surface area (Å²) in [4.78, 5) is 11.3. The summed E-state index contributed by atoms with van der Waals surface area (Å²) in [7, 11) is 0. The van der Waals surface area contributed by atoms with Crippen LogP contribution in [0.5, 0.6) is 46.0 Å². The number of halogens is 1. The van der Waals surface area contributed by atoms with E-state index in [-0.39, 0.29) is 11.1 Å². The number of rotatable bonds is 9. The van der Waals surface area contributed by atoms with Crippen molar-refractivity contribution in [1.29, 1.82) is 0 Å². The normalized spacial score (nSPS) is 12.7. The van der Waals surface area contributed by atoms with Gasteiger partial charge in [-0.2, -0.15) is 0 Å². The summed E-state index contributed by atoms with van der Waals surface area (Å²) < 4.78 is 0. The summed E-state index contributed by atoms with van der Waals surface area (Å²) in [5.41, 5.74) is -3.47. The summed E-state index contributed by atoms with van der Waals surface area (Å²) in [5, 5.41) is 143. The Bertz CT molecular complexity index is 1500. The number of aliphatic hydroxyl groups excluding tert-OH is 1. The second-order valence-corrected chi connectivity index (χ2v) is 8.95. The van der Waals surface area contributed by atoms with Gasteiger partial charge in [0.05, 0.1) is 23.2 Å². The molecule has 0 saturated heterocycles. The number of aromatic hydroxyl groups is 8. The van der Waals surface area contributed by atoms with Crippen molar-refractivity contribution in [2.45, 2.75) is 17.9 Å². The molecular weight excluding hydrogens is 580 g/mol. The first-order chi connectivity index (χ1) is 18.8. The van der Waals surface area contributed by atoms with Gasteiger partial charge in [-0.15, -0.1) is 0 Å². The second kappa shape index (κ2) is 10.7. The van der Waals surface area contributed by atoms with E-state index < -0.39 is 98.3 Å². The summed E-state index contributed by atoms with van der Waals surface area (Å²) in [5.74, 6) is -18.7. The number of phenolic OH excluding ortho intramolecular Hbond substituents is 8. The summed E-state index contributed by atoms with van der Waals surface area (Å²) in [6.07, 6.45) is -2.81. The lowest BCUT2D eigenvalue weighted by Gasteiger charge is -2.33. The zero-order chi connectivity index (χ0) is 31.2. The van der Waals surface area contributed by atoms with Crippen molar-refractivity contribution in [3.8, 4) is 57.1 Å². The van der Waals surface area contributed by atoms with Crippen LogP contribution in [0, 0.1) is 0 Å². The molecule has 3 aromatic rings. The number of aromatic carboxylic acids is 1. The van der Waals surface area contributed by atoms with E-state index in [1.807, 2.05) is 0 Å². The third kappa shape index (κ3) is 5.67. The molecule has 0 aromatic heterocycles. The zero-order valence-electron chi connectivity index (χ0n) is 20.1. The van der Waals surface area contributed by atoms with Crippen molar-refractivity contribution in [1.82, 2.24) is 5.32 Å². The van der Waals surface area contributed by atoms with Crippen LogP contribution < -0.4 is 10.6 Å². The van der Waals surface area contributed by atoms with Crippen molar-refractivity contribution in [3.63, 3.8) is 0 Å². The highest BCUT2D eigenvalue weighted by Gasteiger charge is 2.42. The predicted octanol–water partition coefficient (Wildman–Crippen LogP) is -0.638. The first-order valence-corrected chi connectivity index (χ1v) is 11.3. The first-order valence-electron chi connectivity index (χ1n) is 10.9. The number of nitrogens with one attached hydrogen (secondary N) is 2. The number of aliphatic hydroxyl groups is 5. The molecule has 18 heteroatoms. The Kier molecular flexibility index (Phi) is 8.10. The number of carboxylic acids is 1. The molecule has 0 radical (unpaired) electrons. The molecule has 17 nitrogen and oxygen atoms in total. The van der Waals surface area contributed by atoms with Crippen LogP contribution in [-0.2, 0) is 0 Å². The van der Waals surface area contributed by atoms with Crippen molar-refractivity contribution in [3.05, 3.63) is 40.4 Å². The largest absolute Gasteiger partial charge is 0.506 e. The minimum absolute atomic E-state index is 0.207. The van der Waals surface area contributed by atoms with Crippen LogP contribution in [-0.4, -0.2) is 95.8 Å². The molecule has 0 saturated carbocycles. The number of phenols is 8. The average molecular weight is 603 g/mol. The average Bonchev–Trinajstić information content (AvgIpc) is 2.91. The number of hydrogen-bond donors (Lipinski definition) is 16. The molecule has 0 aliphatic rings. The molecule has 41 heavy (non-hydrogen) atoms. The van der Waals surface area contributed by atoms with Gasteiger partial charge in [0, 0.05) is 0 Å². The van der Waals surface area contributed by atoms with Crippen LogP contribution in [0.1, 0.15) is 22.0 Å². The minimum Gasteiger partial charge on any atom is -0.506 e. The first kappa shape index (κ1) is 30.9. The highest BCUT2D eigenvalue weighted by molar-refractivity contribution is 6.34. The Hall–Kier alpha value is -4.62. The molecular formula is C23H23ClN2O15.